The predicted octanol–water partition coefficient (Wildman–Crippen LogP) is 2.63. The zero-order chi connectivity index (χ0) is 11.1. The number of likely N-dealkylation sites (tertiary alicyclic amines) is 1. The molecule has 0 spiro atoms. The summed E-state index contributed by atoms with van der Waals surface area (Å²) in [5.74, 6) is 0.814. The van der Waals surface area contributed by atoms with E-state index in [9.17, 15) is 0 Å². The number of nitrogens with zero attached hydrogens (tertiary/aromatic N) is 1. The smallest absolute Gasteiger partial charge is 0.00670 e. The SMILES string of the molecule is CC(CCCN)CN1CCCCCC1C. The fourth-order valence-electron chi connectivity index (χ4n) is 2.56. The molecule has 90 valence electrons. The van der Waals surface area contributed by atoms with E-state index in [1.165, 1.54) is 51.6 Å². The fraction of sp³-hybridized carbons (Fsp3) is 1.00. The van der Waals surface area contributed by atoms with Crippen molar-refractivity contribution in [3.8, 4) is 0 Å². The molecule has 2 atom stereocenters. The molecule has 1 aliphatic heterocycles. The second kappa shape index (κ2) is 7.24. The maximum atomic E-state index is 5.55. The van der Waals surface area contributed by atoms with Crippen molar-refractivity contribution in [2.24, 2.45) is 11.7 Å². The maximum absolute atomic E-state index is 5.55. The molecule has 0 aliphatic carbocycles. The van der Waals surface area contributed by atoms with Gasteiger partial charge in [0.15, 0.2) is 0 Å². The van der Waals surface area contributed by atoms with Crippen LogP contribution >= 0.6 is 0 Å². The van der Waals surface area contributed by atoms with Crippen LogP contribution < -0.4 is 5.73 Å². The van der Waals surface area contributed by atoms with Crippen LogP contribution in [0.25, 0.3) is 0 Å². The standard InChI is InChI=1S/C13H28N2/c1-12(7-6-9-14)11-15-10-5-3-4-8-13(15)2/h12-13H,3-11,14H2,1-2H3. The Bertz CT molecular complexity index is 159. The van der Waals surface area contributed by atoms with Gasteiger partial charge in [-0.15, -0.1) is 0 Å². The average molecular weight is 212 g/mol. The molecular formula is C13H28N2. The Hall–Kier alpha value is -0.0800. The van der Waals surface area contributed by atoms with E-state index in [1.807, 2.05) is 0 Å². The highest BCUT2D eigenvalue weighted by Crippen LogP contribution is 2.18. The summed E-state index contributed by atoms with van der Waals surface area (Å²) in [6.45, 7) is 8.20. The fourth-order valence-corrected chi connectivity index (χ4v) is 2.56. The lowest BCUT2D eigenvalue weighted by Gasteiger charge is -2.29. The van der Waals surface area contributed by atoms with Crippen LogP contribution in [-0.2, 0) is 0 Å². The Balaban J connectivity index is 2.27. The van der Waals surface area contributed by atoms with Crippen molar-refractivity contribution in [3.05, 3.63) is 0 Å². The van der Waals surface area contributed by atoms with Gasteiger partial charge in [-0.25, -0.2) is 0 Å². The summed E-state index contributed by atoms with van der Waals surface area (Å²) in [7, 11) is 0. The molecular weight excluding hydrogens is 184 g/mol. The highest BCUT2D eigenvalue weighted by Gasteiger charge is 2.18. The molecule has 1 heterocycles. The Kier molecular flexibility index (Phi) is 6.26. The lowest BCUT2D eigenvalue weighted by atomic mass is 10.0. The van der Waals surface area contributed by atoms with Crippen molar-refractivity contribution >= 4 is 0 Å². The van der Waals surface area contributed by atoms with E-state index in [4.69, 9.17) is 5.73 Å². The summed E-state index contributed by atoms with van der Waals surface area (Å²) >= 11 is 0. The topological polar surface area (TPSA) is 29.3 Å². The van der Waals surface area contributed by atoms with Crippen molar-refractivity contribution in [2.75, 3.05) is 19.6 Å². The molecule has 0 aromatic heterocycles. The van der Waals surface area contributed by atoms with Gasteiger partial charge < -0.3 is 10.6 Å². The van der Waals surface area contributed by atoms with Gasteiger partial charge in [0.2, 0.25) is 0 Å². The van der Waals surface area contributed by atoms with Gasteiger partial charge >= 0.3 is 0 Å². The highest BCUT2D eigenvalue weighted by atomic mass is 15.1. The van der Waals surface area contributed by atoms with Gasteiger partial charge in [-0.2, -0.15) is 0 Å². The third-order valence-corrected chi connectivity index (χ3v) is 3.64. The Morgan fingerprint density at radius 3 is 2.87 bits per heavy atom. The summed E-state index contributed by atoms with van der Waals surface area (Å²) < 4.78 is 0. The van der Waals surface area contributed by atoms with E-state index >= 15 is 0 Å². The molecule has 15 heavy (non-hydrogen) atoms. The Labute approximate surface area is 95.2 Å². The minimum absolute atomic E-state index is 0.799. The Morgan fingerprint density at radius 2 is 2.13 bits per heavy atom. The van der Waals surface area contributed by atoms with Crippen molar-refractivity contribution in [1.82, 2.24) is 4.90 Å². The zero-order valence-electron chi connectivity index (χ0n) is 10.5. The second-order valence-corrected chi connectivity index (χ2v) is 5.23. The minimum atomic E-state index is 0.799. The summed E-state index contributed by atoms with van der Waals surface area (Å²) in [4.78, 5) is 2.69. The molecule has 1 fully saturated rings. The molecule has 2 nitrogen and oxygen atoms in total. The minimum Gasteiger partial charge on any atom is -0.330 e. The van der Waals surface area contributed by atoms with Crippen molar-refractivity contribution in [2.45, 2.75) is 58.4 Å². The molecule has 0 aromatic carbocycles. The van der Waals surface area contributed by atoms with Gasteiger partial charge in [-0.3, -0.25) is 0 Å². The van der Waals surface area contributed by atoms with Crippen LogP contribution in [0.15, 0.2) is 0 Å². The molecule has 0 aromatic rings. The van der Waals surface area contributed by atoms with Crippen LogP contribution in [0.1, 0.15) is 52.4 Å². The first-order chi connectivity index (χ1) is 7.24. The van der Waals surface area contributed by atoms with E-state index in [2.05, 4.69) is 18.7 Å². The maximum Gasteiger partial charge on any atom is 0.00670 e. The molecule has 1 aliphatic rings. The van der Waals surface area contributed by atoms with Crippen molar-refractivity contribution in [1.29, 1.82) is 0 Å². The average Bonchev–Trinajstić information content (AvgIpc) is 2.42. The molecule has 2 N–H and O–H groups in total. The number of rotatable bonds is 5. The van der Waals surface area contributed by atoms with E-state index in [1.54, 1.807) is 0 Å². The van der Waals surface area contributed by atoms with E-state index in [0.29, 0.717) is 0 Å². The first kappa shape index (κ1) is 13.0. The van der Waals surface area contributed by atoms with E-state index in [0.717, 1.165) is 18.5 Å². The van der Waals surface area contributed by atoms with Gasteiger partial charge in [-0.1, -0.05) is 19.8 Å². The molecule has 1 rings (SSSR count). The third kappa shape index (κ3) is 4.98. The van der Waals surface area contributed by atoms with Crippen molar-refractivity contribution in [3.63, 3.8) is 0 Å². The zero-order valence-corrected chi connectivity index (χ0v) is 10.5. The molecule has 2 unspecified atom stereocenters. The predicted molar refractivity (Wildman–Crippen MR) is 67.0 cm³/mol. The normalized spacial score (nSPS) is 26.2. The van der Waals surface area contributed by atoms with Crippen LogP contribution in [0.5, 0.6) is 0 Å². The van der Waals surface area contributed by atoms with Gasteiger partial charge in [0.25, 0.3) is 0 Å². The lowest BCUT2D eigenvalue weighted by Crippen LogP contribution is -2.36. The van der Waals surface area contributed by atoms with Crippen LogP contribution in [-0.4, -0.2) is 30.6 Å². The quantitative estimate of drug-likeness (QED) is 0.759. The van der Waals surface area contributed by atoms with Gasteiger partial charge in [0.05, 0.1) is 0 Å². The Morgan fingerprint density at radius 1 is 1.33 bits per heavy atom. The van der Waals surface area contributed by atoms with Gasteiger partial charge in [0.1, 0.15) is 0 Å². The second-order valence-electron chi connectivity index (χ2n) is 5.23. The first-order valence-electron chi connectivity index (χ1n) is 6.68. The number of nitrogens with two attached hydrogens (primary N) is 1. The largest absolute Gasteiger partial charge is 0.330 e. The van der Waals surface area contributed by atoms with Gasteiger partial charge in [-0.05, 0) is 51.6 Å². The molecule has 0 saturated carbocycles. The number of hydrogen-bond acceptors (Lipinski definition) is 2. The molecule has 2 heteroatoms. The lowest BCUT2D eigenvalue weighted by molar-refractivity contribution is 0.181. The summed E-state index contributed by atoms with van der Waals surface area (Å²) in [5, 5.41) is 0. The summed E-state index contributed by atoms with van der Waals surface area (Å²) in [6, 6.07) is 0.799. The molecule has 1 saturated heterocycles. The van der Waals surface area contributed by atoms with Gasteiger partial charge in [0, 0.05) is 12.6 Å². The van der Waals surface area contributed by atoms with Crippen LogP contribution in [0.4, 0.5) is 0 Å². The van der Waals surface area contributed by atoms with E-state index in [-0.39, 0.29) is 0 Å². The van der Waals surface area contributed by atoms with E-state index < -0.39 is 0 Å². The van der Waals surface area contributed by atoms with Crippen molar-refractivity contribution < 1.29 is 0 Å². The van der Waals surface area contributed by atoms with Crippen LogP contribution in [0, 0.1) is 5.92 Å². The molecule has 0 bridgehead atoms. The monoisotopic (exact) mass is 212 g/mol. The van der Waals surface area contributed by atoms with Crippen LogP contribution in [0.2, 0.25) is 0 Å². The van der Waals surface area contributed by atoms with Crippen LogP contribution in [0.3, 0.4) is 0 Å². The third-order valence-electron chi connectivity index (χ3n) is 3.64. The summed E-state index contributed by atoms with van der Waals surface area (Å²) in [6.07, 6.45) is 8.12. The molecule has 0 radical (unpaired) electrons. The summed E-state index contributed by atoms with van der Waals surface area (Å²) in [5.41, 5.74) is 5.55. The highest BCUT2D eigenvalue weighted by molar-refractivity contribution is 4.73. The first-order valence-corrected chi connectivity index (χ1v) is 6.68. The molecule has 0 amide bonds. The number of hydrogen-bond donors (Lipinski definition) is 1.